The molecule has 7 heteroatoms. The fourth-order valence-corrected chi connectivity index (χ4v) is 2.64. The number of rotatable bonds is 6. The SMILES string of the molecule is COc1ccc(Cl)cc1C(=O)NCCc1ccc(S(N)=O)cc1. The highest BCUT2D eigenvalue weighted by Crippen LogP contribution is 2.22. The first-order chi connectivity index (χ1) is 11.0. The number of halogens is 1. The summed E-state index contributed by atoms with van der Waals surface area (Å²) in [5.74, 6) is 0.228. The van der Waals surface area contributed by atoms with Crippen molar-refractivity contribution in [2.24, 2.45) is 5.14 Å². The number of hydrogen-bond donors (Lipinski definition) is 2. The van der Waals surface area contributed by atoms with Crippen LogP contribution in [-0.2, 0) is 17.4 Å². The van der Waals surface area contributed by atoms with Crippen LogP contribution in [0.3, 0.4) is 0 Å². The van der Waals surface area contributed by atoms with Gasteiger partial charge in [0.2, 0.25) is 0 Å². The number of nitrogens with two attached hydrogens (primary N) is 1. The Morgan fingerprint density at radius 3 is 2.57 bits per heavy atom. The maximum absolute atomic E-state index is 12.2. The van der Waals surface area contributed by atoms with Crippen LogP contribution in [0.5, 0.6) is 5.75 Å². The van der Waals surface area contributed by atoms with Crippen molar-refractivity contribution in [2.45, 2.75) is 11.3 Å². The van der Waals surface area contributed by atoms with Crippen LogP contribution in [0.1, 0.15) is 15.9 Å². The fourth-order valence-electron chi connectivity index (χ4n) is 2.06. The number of amides is 1. The number of carbonyl (C=O) groups is 1. The van der Waals surface area contributed by atoms with Gasteiger partial charge >= 0.3 is 0 Å². The number of methoxy groups -OCH3 is 1. The Bertz CT molecular complexity index is 720. The van der Waals surface area contributed by atoms with Crippen LogP contribution >= 0.6 is 11.6 Å². The molecule has 0 saturated carbocycles. The third-order valence-electron chi connectivity index (χ3n) is 3.26. The Hall–Kier alpha value is -1.89. The van der Waals surface area contributed by atoms with Crippen LogP contribution in [0.15, 0.2) is 47.4 Å². The Morgan fingerprint density at radius 1 is 1.26 bits per heavy atom. The van der Waals surface area contributed by atoms with Gasteiger partial charge in [-0.15, -0.1) is 0 Å². The van der Waals surface area contributed by atoms with Crippen molar-refractivity contribution in [3.05, 3.63) is 58.6 Å². The highest BCUT2D eigenvalue weighted by molar-refractivity contribution is 7.82. The maximum Gasteiger partial charge on any atom is 0.255 e. The van der Waals surface area contributed by atoms with Crippen LogP contribution in [-0.4, -0.2) is 23.8 Å². The van der Waals surface area contributed by atoms with E-state index in [-0.39, 0.29) is 5.91 Å². The molecule has 2 rings (SSSR count). The molecule has 0 bridgehead atoms. The summed E-state index contributed by atoms with van der Waals surface area (Å²) in [6.07, 6.45) is 0.645. The van der Waals surface area contributed by atoms with Gasteiger partial charge in [-0.05, 0) is 42.3 Å². The lowest BCUT2D eigenvalue weighted by Crippen LogP contribution is -2.26. The van der Waals surface area contributed by atoms with Gasteiger partial charge in [-0.1, -0.05) is 23.7 Å². The van der Waals surface area contributed by atoms with Gasteiger partial charge in [0.05, 0.1) is 17.6 Å². The smallest absolute Gasteiger partial charge is 0.255 e. The molecule has 0 aliphatic heterocycles. The van der Waals surface area contributed by atoms with Crippen molar-refractivity contribution >= 4 is 28.5 Å². The monoisotopic (exact) mass is 352 g/mol. The Morgan fingerprint density at radius 2 is 1.96 bits per heavy atom. The quantitative estimate of drug-likeness (QED) is 0.837. The van der Waals surface area contributed by atoms with E-state index in [1.165, 1.54) is 7.11 Å². The molecule has 2 aromatic carbocycles. The minimum atomic E-state index is -1.48. The van der Waals surface area contributed by atoms with Crippen LogP contribution in [0.25, 0.3) is 0 Å². The molecule has 2 aromatic rings. The molecule has 0 saturated heterocycles. The van der Waals surface area contributed by atoms with E-state index in [9.17, 15) is 9.00 Å². The van der Waals surface area contributed by atoms with Gasteiger partial charge in [-0.25, -0.2) is 9.35 Å². The van der Waals surface area contributed by atoms with Crippen LogP contribution in [0, 0.1) is 0 Å². The average molecular weight is 353 g/mol. The van der Waals surface area contributed by atoms with Gasteiger partial charge in [0.1, 0.15) is 16.7 Å². The summed E-state index contributed by atoms with van der Waals surface area (Å²) >= 11 is 5.92. The molecule has 1 amide bonds. The van der Waals surface area contributed by atoms with Crippen LogP contribution < -0.4 is 15.2 Å². The third kappa shape index (κ3) is 4.79. The number of ether oxygens (including phenoxy) is 1. The molecular formula is C16H17ClN2O3S. The second-order valence-electron chi connectivity index (χ2n) is 4.79. The summed E-state index contributed by atoms with van der Waals surface area (Å²) in [5, 5.41) is 8.60. The molecule has 23 heavy (non-hydrogen) atoms. The van der Waals surface area contributed by atoms with Crippen LogP contribution in [0.2, 0.25) is 5.02 Å². The summed E-state index contributed by atoms with van der Waals surface area (Å²) in [5.41, 5.74) is 1.41. The second kappa shape index (κ2) is 8.10. The predicted octanol–water partition coefficient (Wildman–Crippen LogP) is 2.30. The molecule has 122 valence electrons. The summed E-state index contributed by atoms with van der Waals surface area (Å²) < 4.78 is 16.3. The summed E-state index contributed by atoms with van der Waals surface area (Å²) in [4.78, 5) is 12.8. The Balaban J connectivity index is 1.94. The zero-order chi connectivity index (χ0) is 16.8. The van der Waals surface area contributed by atoms with Crippen molar-refractivity contribution in [3.63, 3.8) is 0 Å². The van der Waals surface area contributed by atoms with Gasteiger partial charge < -0.3 is 10.1 Å². The standard InChI is InChI=1S/C16H17ClN2O3S/c1-22-15-7-4-12(17)10-14(15)16(20)19-9-8-11-2-5-13(6-3-11)23(18)21/h2-7,10H,8-9,18H2,1H3,(H,19,20). The first kappa shape index (κ1) is 17.5. The van der Waals surface area contributed by atoms with Crippen molar-refractivity contribution in [2.75, 3.05) is 13.7 Å². The van der Waals surface area contributed by atoms with Gasteiger partial charge in [-0.2, -0.15) is 0 Å². The van der Waals surface area contributed by atoms with E-state index in [1.54, 1.807) is 30.3 Å². The lowest BCUT2D eigenvalue weighted by atomic mass is 10.1. The van der Waals surface area contributed by atoms with Crippen LogP contribution in [0.4, 0.5) is 0 Å². The maximum atomic E-state index is 12.2. The summed E-state index contributed by atoms with van der Waals surface area (Å²) in [6, 6.07) is 12.0. The van der Waals surface area contributed by atoms with Crippen molar-refractivity contribution < 1.29 is 13.7 Å². The van der Waals surface area contributed by atoms with E-state index in [0.717, 1.165) is 5.56 Å². The van der Waals surface area contributed by atoms with Gasteiger partial charge in [0.15, 0.2) is 0 Å². The molecule has 0 aromatic heterocycles. The molecule has 0 radical (unpaired) electrons. The molecule has 0 aliphatic rings. The summed E-state index contributed by atoms with van der Waals surface area (Å²) in [7, 11) is 0.0256. The minimum Gasteiger partial charge on any atom is -0.496 e. The van der Waals surface area contributed by atoms with E-state index < -0.39 is 11.0 Å². The normalized spacial score (nSPS) is 11.8. The largest absolute Gasteiger partial charge is 0.496 e. The second-order valence-corrected chi connectivity index (χ2v) is 6.29. The highest BCUT2D eigenvalue weighted by Gasteiger charge is 2.12. The molecular weight excluding hydrogens is 336 g/mol. The molecule has 5 nitrogen and oxygen atoms in total. The van der Waals surface area contributed by atoms with Crippen molar-refractivity contribution in [3.8, 4) is 5.75 Å². The predicted molar refractivity (Wildman–Crippen MR) is 91.1 cm³/mol. The zero-order valence-corrected chi connectivity index (χ0v) is 14.1. The van der Waals surface area contributed by atoms with Gasteiger partial charge in [0.25, 0.3) is 5.91 Å². The van der Waals surface area contributed by atoms with Crippen molar-refractivity contribution in [1.82, 2.24) is 5.32 Å². The van der Waals surface area contributed by atoms with E-state index in [4.69, 9.17) is 21.5 Å². The lowest BCUT2D eigenvalue weighted by Gasteiger charge is -2.10. The van der Waals surface area contributed by atoms with E-state index in [1.807, 2.05) is 12.1 Å². The molecule has 0 aliphatic carbocycles. The third-order valence-corrected chi connectivity index (χ3v) is 4.23. The first-order valence-corrected chi connectivity index (χ1v) is 8.47. The zero-order valence-electron chi connectivity index (χ0n) is 12.5. The Labute approximate surface area is 142 Å². The number of carbonyl (C=O) groups excluding carboxylic acids is 1. The van der Waals surface area contributed by atoms with Gasteiger partial charge in [-0.3, -0.25) is 4.79 Å². The molecule has 0 fully saturated rings. The van der Waals surface area contributed by atoms with Crippen molar-refractivity contribution in [1.29, 1.82) is 0 Å². The molecule has 1 atom stereocenters. The Kier molecular flexibility index (Phi) is 6.15. The topological polar surface area (TPSA) is 81.4 Å². The van der Waals surface area contributed by atoms with E-state index in [2.05, 4.69) is 5.32 Å². The molecule has 0 spiro atoms. The van der Waals surface area contributed by atoms with E-state index >= 15 is 0 Å². The average Bonchev–Trinajstić information content (AvgIpc) is 2.55. The molecule has 3 N–H and O–H groups in total. The molecule has 1 unspecified atom stereocenters. The minimum absolute atomic E-state index is 0.246. The fraction of sp³-hybridized carbons (Fsp3) is 0.188. The number of hydrogen-bond acceptors (Lipinski definition) is 3. The van der Waals surface area contributed by atoms with Gasteiger partial charge in [0, 0.05) is 11.6 Å². The molecule has 0 heterocycles. The highest BCUT2D eigenvalue weighted by atomic mass is 35.5. The number of benzene rings is 2. The lowest BCUT2D eigenvalue weighted by molar-refractivity contribution is 0.0951. The number of nitrogens with one attached hydrogen (secondary N) is 1. The first-order valence-electron chi connectivity index (χ1n) is 6.88. The van der Waals surface area contributed by atoms with E-state index in [0.29, 0.717) is 34.2 Å². The summed E-state index contributed by atoms with van der Waals surface area (Å²) in [6.45, 7) is 0.458.